The minimum atomic E-state index is -0.570. The van der Waals surface area contributed by atoms with Crippen LogP contribution in [0.25, 0.3) is 22.5 Å². The number of nitrogens with zero attached hydrogens (tertiary/aromatic N) is 2. The zero-order valence-electron chi connectivity index (χ0n) is 41.3. The number of hydrogen-bond acceptors (Lipinski definition) is 14. The number of aromatic nitrogens is 4. The van der Waals surface area contributed by atoms with E-state index in [1.165, 1.54) is 6.07 Å². The van der Waals surface area contributed by atoms with Crippen LogP contribution < -0.4 is 51.8 Å². The summed E-state index contributed by atoms with van der Waals surface area (Å²) in [5.74, 6) is 0.482. The summed E-state index contributed by atoms with van der Waals surface area (Å²) in [6.45, 7) is 10.4. The summed E-state index contributed by atoms with van der Waals surface area (Å²) in [7, 11) is 1.64. The van der Waals surface area contributed by atoms with Gasteiger partial charge < -0.3 is 71.3 Å². The van der Waals surface area contributed by atoms with Crippen LogP contribution in [0.4, 0.5) is 33.0 Å². The first-order chi connectivity index (χ1) is 35.3. The Hall–Kier alpha value is -6.90. The molecule has 0 bridgehead atoms. The molecule has 0 saturated carbocycles. The van der Waals surface area contributed by atoms with Crippen LogP contribution in [0.15, 0.2) is 67.1 Å². The van der Waals surface area contributed by atoms with Crippen molar-refractivity contribution in [2.75, 3.05) is 95.8 Å². The minimum Gasteiger partial charge on any atom is -0.488 e. The van der Waals surface area contributed by atoms with Crippen molar-refractivity contribution in [1.82, 2.24) is 41.2 Å². The topological polar surface area (TPSA) is 236 Å². The number of rotatable bonds is 18. The van der Waals surface area contributed by atoms with E-state index in [1.54, 1.807) is 56.9 Å². The molecule has 20 heteroatoms. The zero-order valence-corrected chi connectivity index (χ0v) is 42.1. The number of piperidine rings is 1. The minimum absolute atomic E-state index is 0.0897. The number of aromatic amines is 2. The first kappa shape index (κ1) is 49.7. The molecule has 73 heavy (non-hydrogen) atoms. The van der Waals surface area contributed by atoms with E-state index < -0.39 is 5.60 Å². The molecule has 4 aliphatic heterocycles. The number of halogens is 2. The maximum Gasteiger partial charge on any atom is 0.255 e. The number of amides is 2. The lowest BCUT2D eigenvalue weighted by atomic mass is 9.74. The van der Waals surface area contributed by atoms with Crippen LogP contribution in [-0.2, 0) is 20.3 Å². The molecule has 10 N–H and O–H groups in total. The van der Waals surface area contributed by atoms with E-state index in [9.17, 15) is 14.0 Å². The highest BCUT2D eigenvalue weighted by Crippen LogP contribution is 2.49. The molecule has 2 amide bonds. The molecule has 10 rings (SSSR count). The number of benzene rings is 2. The van der Waals surface area contributed by atoms with Gasteiger partial charge in [-0.3, -0.25) is 14.6 Å². The fourth-order valence-corrected chi connectivity index (χ4v) is 10.5. The van der Waals surface area contributed by atoms with Crippen molar-refractivity contribution in [3.8, 4) is 39.8 Å². The van der Waals surface area contributed by atoms with E-state index in [-0.39, 0.29) is 67.3 Å². The van der Waals surface area contributed by atoms with Gasteiger partial charge in [0.25, 0.3) is 11.8 Å². The summed E-state index contributed by atoms with van der Waals surface area (Å²) >= 11 is 6.86. The van der Waals surface area contributed by atoms with Gasteiger partial charge >= 0.3 is 0 Å². The fraction of sp³-hybridized carbons (Fsp3) is 0.396. The first-order valence-electron chi connectivity index (χ1n) is 24.6. The Bertz CT molecular complexity index is 3040. The number of ether oxygens (including phenoxy) is 5. The number of carbonyl (C=O) groups excluding carboxylic acids is 2. The SMILES string of the molecule is COC(C)(C)COc1cnccc1-c1[nH]c2c(c1Nc1cccc(Cl)c1OCCOCCOc1c(-c3[nH]c4c(c3Nc3cccc(F)c3C)C(=O)NCC43CCCNC3)ccnc1N)C(=O)NC[C@]21CCNC1. The summed E-state index contributed by atoms with van der Waals surface area (Å²) in [4.78, 5) is 43.8. The van der Waals surface area contributed by atoms with Crippen molar-refractivity contribution >= 4 is 52.0 Å². The van der Waals surface area contributed by atoms with Crippen molar-refractivity contribution in [2.45, 2.75) is 56.5 Å². The van der Waals surface area contributed by atoms with Gasteiger partial charge in [-0.1, -0.05) is 23.7 Å². The molecule has 0 radical (unpaired) electrons. The van der Waals surface area contributed by atoms with Crippen LogP contribution in [0.3, 0.4) is 0 Å². The molecule has 6 aromatic rings. The van der Waals surface area contributed by atoms with Crippen molar-refractivity contribution in [1.29, 1.82) is 0 Å². The molecular weight excluding hydrogens is 957 g/mol. The second-order valence-electron chi connectivity index (χ2n) is 19.7. The molecular formula is C53H61ClFN11O7. The van der Waals surface area contributed by atoms with Crippen LogP contribution >= 0.6 is 11.6 Å². The average molecular weight is 1020 g/mol. The number of para-hydroxylation sites is 1. The summed E-state index contributed by atoms with van der Waals surface area (Å²) in [6, 6.07) is 13.8. The Morgan fingerprint density at radius 2 is 1.40 bits per heavy atom. The number of hydrogen-bond donors (Lipinski definition) is 9. The molecule has 384 valence electrons. The van der Waals surface area contributed by atoms with Crippen LogP contribution in [-0.4, -0.2) is 117 Å². The second-order valence-corrected chi connectivity index (χ2v) is 20.1. The molecule has 4 aromatic heterocycles. The number of methoxy groups -OCH3 is 1. The van der Waals surface area contributed by atoms with Crippen molar-refractivity contribution in [3.05, 3.63) is 106 Å². The van der Waals surface area contributed by atoms with E-state index >= 15 is 0 Å². The van der Waals surface area contributed by atoms with Gasteiger partial charge in [-0.15, -0.1) is 0 Å². The largest absolute Gasteiger partial charge is 0.488 e. The number of nitrogen functional groups attached to an aromatic ring is 1. The second kappa shape index (κ2) is 20.5. The summed E-state index contributed by atoms with van der Waals surface area (Å²) < 4.78 is 45.6. The molecule has 2 atom stereocenters. The molecule has 4 aliphatic rings. The van der Waals surface area contributed by atoms with Gasteiger partial charge in [-0.2, -0.15) is 0 Å². The normalized spacial score (nSPS) is 19.3. The van der Waals surface area contributed by atoms with Gasteiger partial charge in [-0.05, 0) is 89.5 Å². The number of H-pyrrole nitrogens is 2. The molecule has 0 aliphatic carbocycles. The quantitative estimate of drug-likeness (QED) is 0.0386. The van der Waals surface area contributed by atoms with Gasteiger partial charge in [0.1, 0.15) is 31.4 Å². The Balaban J connectivity index is 0.864. The van der Waals surface area contributed by atoms with Gasteiger partial charge in [0.15, 0.2) is 17.3 Å². The predicted molar refractivity (Wildman–Crippen MR) is 278 cm³/mol. The summed E-state index contributed by atoms with van der Waals surface area (Å²) in [6.07, 6.45) is 7.55. The van der Waals surface area contributed by atoms with Crippen molar-refractivity contribution in [3.63, 3.8) is 0 Å². The highest BCUT2D eigenvalue weighted by molar-refractivity contribution is 6.32. The molecule has 1 unspecified atom stereocenters. The van der Waals surface area contributed by atoms with E-state index in [2.05, 4.69) is 51.8 Å². The number of carbonyl (C=O) groups is 2. The number of nitrogens with two attached hydrogens (primary N) is 1. The Labute approximate surface area is 427 Å². The van der Waals surface area contributed by atoms with Gasteiger partial charge in [0, 0.05) is 90.3 Å². The molecule has 2 spiro atoms. The van der Waals surface area contributed by atoms with E-state index in [4.69, 9.17) is 41.0 Å². The predicted octanol–water partition coefficient (Wildman–Crippen LogP) is 7.25. The van der Waals surface area contributed by atoms with Gasteiger partial charge in [0.2, 0.25) is 0 Å². The lowest BCUT2D eigenvalue weighted by Crippen LogP contribution is -2.54. The maximum atomic E-state index is 14.9. The number of nitrogens with one attached hydrogen (secondary N) is 8. The van der Waals surface area contributed by atoms with Gasteiger partial charge in [0.05, 0.1) is 69.6 Å². The van der Waals surface area contributed by atoms with Crippen LogP contribution in [0.1, 0.15) is 70.8 Å². The average Bonchev–Trinajstić information content (AvgIpc) is 4.14. The van der Waals surface area contributed by atoms with E-state index in [1.807, 2.05) is 32.0 Å². The van der Waals surface area contributed by atoms with Crippen molar-refractivity contribution in [2.24, 2.45) is 0 Å². The zero-order chi connectivity index (χ0) is 50.9. The Morgan fingerprint density at radius 3 is 2.08 bits per heavy atom. The Morgan fingerprint density at radius 1 is 0.767 bits per heavy atom. The first-order valence-corrected chi connectivity index (χ1v) is 25.0. The van der Waals surface area contributed by atoms with Gasteiger partial charge in [-0.25, -0.2) is 9.37 Å². The maximum absolute atomic E-state index is 14.9. The monoisotopic (exact) mass is 1020 g/mol. The standard InChI is InChI=1S/C53H61ClFN11O7/c1-30-34(55)9-6-10-35(30)63-43-39-46(52(27-61-50(39)68)14-7-16-58-25-52)66-41(43)32-13-18-60-48(56)44(32)71-22-20-70-21-23-72-45-33(54)8-5-11-36(45)64-42-38-47(53(15-19-59-26-53)28-62-49(38)67)65-40(42)31-12-17-57-24-37(31)73-29-51(2,3)69-4/h5-6,8-13,17-18,24,58-59,63-66H,7,14-16,19-23,25-29H2,1-4H3,(H2,56,60)(H,61,68)(H,62,67)/t52?,53-/m1/s1. The van der Waals surface area contributed by atoms with Crippen LogP contribution in [0.2, 0.25) is 5.02 Å². The lowest BCUT2D eigenvalue weighted by molar-refractivity contribution is -0.0146. The molecule has 8 heterocycles. The summed E-state index contributed by atoms with van der Waals surface area (Å²) in [5.41, 5.74) is 12.7. The van der Waals surface area contributed by atoms with Crippen LogP contribution in [0.5, 0.6) is 17.2 Å². The third-order valence-corrected chi connectivity index (χ3v) is 14.8. The molecule has 2 fully saturated rings. The smallest absolute Gasteiger partial charge is 0.255 e. The van der Waals surface area contributed by atoms with E-state index in [0.717, 1.165) is 43.7 Å². The summed E-state index contributed by atoms with van der Waals surface area (Å²) in [5, 5.41) is 20.6. The highest BCUT2D eigenvalue weighted by Gasteiger charge is 2.47. The number of fused-ring (bicyclic) bond motifs is 4. The lowest BCUT2D eigenvalue weighted by Gasteiger charge is -2.40. The fourth-order valence-electron chi connectivity index (χ4n) is 10.3. The van der Waals surface area contributed by atoms with Crippen molar-refractivity contribution < 1.29 is 37.7 Å². The number of anilines is 5. The highest BCUT2D eigenvalue weighted by atomic mass is 35.5. The Kier molecular flexibility index (Phi) is 14.0. The van der Waals surface area contributed by atoms with E-state index in [0.29, 0.717) is 110 Å². The third-order valence-electron chi connectivity index (χ3n) is 14.5. The molecule has 18 nitrogen and oxygen atoms in total. The molecule has 2 aromatic carbocycles. The third kappa shape index (κ3) is 9.63. The number of pyridine rings is 2. The van der Waals surface area contributed by atoms with Crippen LogP contribution in [0, 0.1) is 12.7 Å². The molecule has 2 saturated heterocycles.